The third-order valence-electron chi connectivity index (χ3n) is 29.9. The van der Waals surface area contributed by atoms with Crippen LogP contribution in [0.25, 0.3) is 133 Å². The summed E-state index contributed by atoms with van der Waals surface area (Å²) in [5, 5.41) is 114. The molecule has 6 saturated carbocycles. The lowest BCUT2D eigenvalue weighted by atomic mass is 9.96. The molecule has 0 unspecified atom stereocenters. The molecule has 0 bridgehead atoms. The van der Waals surface area contributed by atoms with E-state index in [-0.39, 0.29) is 12.1 Å². The van der Waals surface area contributed by atoms with Crippen molar-refractivity contribution in [1.82, 2.24) is 160 Å². The van der Waals surface area contributed by atoms with Gasteiger partial charge < -0.3 is 40.5 Å². The van der Waals surface area contributed by atoms with Crippen molar-refractivity contribution in [2.75, 3.05) is 10.6 Å². The third-order valence-corrected chi connectivity index (χ3v) is 29.9. The maximum atomic E-state index is 11.0. The Labute approximate surface area is 808 Å². The van der Waals surface area contributed by atoms with Crippen LogP contribution in [0.1, 0.15) is 257 Å². The molecule has 18 heterocycles. The van der Waals surface area contributed by atoms with Crippen molar-refractivity contribution in [1.29, 1.82) is 10.5 Å². The molecule has 18 aromatic rings. The van der Waals surface area contributed by atoms with Crippen molar-refractivity contribution in [3.63, 3.8) is 0 Å². The number of anilines is 2. The van der Waals surface area contributed by atoms with Gasteiger partial charge in [0.2, 0.25) is 12.8 Å². The van der Waals surface area contributed by atoms with Gasteiger partial charge in [0.15, 0.2) is 45.5 Å². The SMILES string of the molecule is CC[C@@H](C1CCCC1)n1cc(-c2cnnc3[nH]ccc23)cn1.CC[C@@H](C1CCCC1)n1cc(-c2nnnc3[nH]ccc23)cn1.CC[C@H](C1CCCC1)n1cc(-c2cnnc3[nH]ccc23)cn1.CC[C@H](C1CCCC1)n1cc(-c2nnnc3[nH]ccc23)cn1.N#CC[C@@H](C1CCCC1)n1cc(-c2c(NC=O)nnc3[nH]ccc23)cn1.N#CC[C@H](C1CCCC1)n1cc(-c2c(NC=O)nnc3[nH]ccc23)cn1. The van der Waals surface area contributed by atoms with E-state index in [1.807, 2.05) is 120 Å². The molecule has 24 rings (SSSR count). The summed E-state index contributed by atoms with van der Waals surface area (Å²) in [5.41, 5.74) is 15.9. The number of aromatic amines is 6. The molecule has 38 nitrogen and oxygen atoms in total. The first-order valence-electron chi connectivity index (χ1n) is 50.1. The summed E-state index contributed by atoms with van der Waals surface area (Å²) in [6.45, 7) is 9.03. The van der Waals surface area contributed by atoms with E-state index < -0.39 is 0 Å². The second-order valence-corrected chi connectivity index (χ2v) is 37.9. The molecule has 0 radical (unpaired) electrons. The summed E-state index contributed by atoms with van der Waals surface area (Å²) in [5.74, 6) is 4.83. The number of aromatic nitrogens is 32. The van der Waals surface area contributed by atoms with Gasteiger partial charge in [-0.3, -0.25) is 37.7 Å². The highest BCUT2D eigenvalue weighted by atomic mass is 16.1. The summed E-state index contributed by atoms with van der Waals surface area (Å²) in [6, 6.07) is 18.7. The maximum Gasteiger partial charge on any atom is 0.212 e. The van der Waals surface area contributed by atoms with Gasteiger partial charge in [0.05, 0.1) is 111 Å². The lowest BCUT2D eigenvalue weighted by molar-refractivity contribution is -0.106. The fourth-order valence-corrected chi connectivity index (χ4v) is 23.0. The van der Waals surface area contributed by atoms with E-state index >= 15 is 0 Å². The molecule has 18 aromatic heterocycles. The highest BCUT2D eigenvalue weighted by molar-refractivity contribution is 6.01. The van der Waals surface area contributed by atoms with Gasteiger partial charge in [-0.25, -0.2) is 0 Å². The Morgan fingerprint density at radius 1 is 0.314 bits per heavy atom. The molecular weight excluding hydrogens is 1760 g/mol. The number of carbonyl (C=O) groups excluding carboxylic acids is 2. The molecule has 140 heavy (non-hydrogen) atoms. The van der Waals surface area contributed by atoms with Gasteiger partial charge in [0.1, 0.15) is 11.4 Å². The molecule has 0 spiro atoms. The predicted octanol–water partition coefficient (Wildman–Crippen LogP) is 20.7. The predicted molar refractivity (Wildman–Crippen MR) is 533 cm³/mol. The van der Waals surface area contributed by atoms with E-state index in [1.165, 1.54) is 128 Å². The van der Waals surface area contributed by atoms with Gasteiger partial charge in [0.25, 0.3) is 0 Å². The van der Waals surface area contributed by atoms with Crippen molar-refractivity contribution in [2.24, 2.45) is 35.5 Å². The topological polar surface area (TPSA) is 488 Å². The van der Waals surface area contributed by atoms with Crippen molar-refractivity contribution >= 4 is 90.7 Å². The number of fused-ring (bicyclic) bond motifs is 6. The Morgan fingerprint density at radius 3 is 0.879 bits per heavy atom. The number of nitrogens with one attached hydrogen (secondary N) is 8. The molecule has 0 aliphatic heterocycles. The van der Waals surface area contributed by atoms with Gasteiger partial charge in [-0.2, -0.15) is 51.3 Å². The fraction of sp³-hybridized carbons (Fsp3) is 0.451. The van der Waals surface area contributed by atoms with Gasteiger partial charge in [-0.05, 0) is 185 Å². The average Bonchev–Trinajstić information content (AvgIpc) is 1.56. The number of hydrogen-bond acceptors (Lipinski definition) is 24. The summed E-state index contributed by atoms with van der Waals surface area (Å²) in [4.78, 5) is 40.4. The van der Waals surface area contributed by atoms with Crippen LogP contribution in [0.3, 0.4) is 0 Å². The number of amides is 2. The summed E-state index contributed by atoms with van der Waals surface area (Å²) < 4.78 is 12.4. The standard InChI is InChI=1S/2C18H19N7O.2C17H21N5.2C16H20N6/c2*19-7-5-15(12-3-1-2-4-12)25-10-13(9-22-25)16-14-6-8-20-17(14)23-24-18(16)21-11-26;2*1-2-16(12-5-3-4-6-12)22-11-13(9-20-22)15-10-19-21-17-14(15)7-8-18-17;2*1-2-14(11-5-3-4-6-11)22-10-12(9-18-22)15-13-7-8-17-16(13)20-21-19-15/h2*6,8-12,15H,1-5H2,(H,20,23)(H,21,24,26);2*7-12,16H,2-6H2,1H3,(H,18,21);2*7-11,14H,2-6H2,1H3,(H,17,19,20)/t2*15-;2*16-;2*14-/m101010/s1. The number of hydrogen-bond donors (Lipinski definition) is 8. The molecule has 6 aliphatic carbocycles. The first-order chi connectivity index (χ1) is 69.1. The largest absolute Gasteiger partial charge is 0.345 e. The highest BCUT2D eigenvalue weighted by Gasteiger charge is 2.34. The van der Waals surface area contributed by atoms with E-state index in [0.29, 0.717) is 84.6 Å². The first-order valence-corrected chi connectivity index (χ1v) is 50.1. The highest BCUT2D eigenvalue weighted by Crippen LogP contribution is 2.45. The van der Waals surface area contributed by atoms with Crippen LogP contribution < -0.4 is 10.6 Å². The Morgan fingerprint density at radius 2 is 0.571 bits per heavy atom. The minimum Gasteiger partial charge on any atom is -0.345 e. The van der Waals surface area contributed by atoms with E-state index in [0.717, 1.165) is 197 Å². The van der Waals surface area contributed by atoms with E-state index in [2.05, 4.69) is 226 Å². The molecule has 6 fully saturated rings. The van der Waals surface area contributed by atoms with Crippen molar-refractivity contribution < 1.29 is 9.59 Å². The smallest absolute Gasteiger partial charge is 0.212 e. The second-order valence-electron chi connectivity index (χ2n) is 37.9. The van der Waals surface area contributed by atoms with Gasteiger partial charge in [-0.1, -0.05) is 105 Å². The van der Waals surface area contributed by atoms with Gasteiger partial charge >= 0.3 is 0 Å². The van der Waals surface area contributed by atoms with Crippen LogP contribution in [0.4, 0.5) is 11.6 Å². The van der Waals surface area contributed by atoms with Crippen molar-refractivity contribution in [3.8, 4) is 79.2 Å². The number of nitriles is 2. The lowest BCUT2D eigenvalue weighted by Crippen LogP contribution is -2.17. The zero-order valence-corrected chi connectivity index (χ0v) is 79.6. The van der Waals surface area contributed by atoms with Crippen LogP contribution >= 0.6 is 0 Å². The molecule has 2 amide bonds. The molecule has 6 atom stereocenters. The molecule has 6 aliphatic rings. The van der Waals surface area contributed by atoms with Gasteiger partial charge in [-0.15, -0.1) is 51.0 Å². The van der Waals surface area contributed by atoms with Crippen LogP contribution in [0.2, 0.25) is 0 Å². The minimum absolute atomic E-state index is 0.0789. The number of H-pyrrole nitrogens is 6. The number of carbonyl (C=O) groups is 2. The van der Waals surface area contributed by atoms with Crippen LogP contribution in [-0.4, -0.2) is 173 Å². The third kappa shape index (κ3) is 20.4. The zero-order chi connectivity index (χ0) is 95.6. The zero-order valence-electron chi connectivity index (χ0n) is 79.6. The Hall–Kier alpha value is -15.2. The Bertz CT molecular complexity index is 6490. The van der Waals surface area contributed by atoms with Crippen LogP contribution in [0.5, 0.6) is 0 Å². The minimum atomic E-state index is 0.0789. The Kier molecular flexibility index (Phi) is 29.8. The van der Waals surface area contributed by atoms with E-state index in [9.17, 15) is 20.1 Å². The summed E-state index contributed by atoms with van der Waals surface area (Å²) >= 11 is 0. The number of nitrogens with zero attached hydrogens (tertiary/aromatic N) is 28. The van der Waals surface area contributed by atoms with Gasteiger partial charge in [0, 0.05) is 162 Å². The Balaban J connectivity index is 0.000000107. The van der Waals surface area contributed by atoms with Crippen LogP contribution in [-0.2, 0) is 9.59 Å². The van der Waals surface area contributed by atoms with Crippen molar-refractivity contribution in [3.05, 3.63) is 160 Å². The van der Waals surface area contributed by atoms with Crippen LogP contribution in [0.15, 0.2) is 160 Å². The number of rotatable bonds is 28. The van der Waals surface area contributed by atoms with Crippen LogP contribution in [0, 0.1) is 58.2 Å². The lowest BCUT2D eigenvalue weighted by Gasteiger charge is -2.22. The molecule has 0 saturated heterocycles. The van der Waals surface area contributed by atoms with E-state index in [1.54, 1.807) is 24.8 Å². The monoisotopic (exact) mass is 1880 g/mol. The molecule has 720 valence electrons. The molecule has 0 aromatic carbocycles. The summed E-state index contributed by atoms with van der Waals surface area (Å²) in [7, 11) is 0. The molecule has 8 N–H and O–H groups in total. The molecular formula is C102H120N36O2. The fourth-order valence-electron chi connectivity index (χ4n) is 23.0. The summed E-state index contributed by atoms with van der Waals surface area (Å²) in [6.07, 6.45) is 76.0. The quantitative estimate of drug-likeness (QED) is 0.0211. The van der Waals surface area contributed by atoms with E-state index in [4.69, 9.17) is 0 Å². The molecule has 38 heteroatoms. The maximum absolute atomic E-state index is 11.0. The second kappa shape index (κ2) is 44.5. The van der Waals surface area contributed by atoms with Crippen molar-refractivity contribution in [2.45, 2.75) is 257 Å². The first kappa shape index (κ1) is 93.8. The average molecular weight is 1880 g/mol. The normalized spacial score (nSPS) is 16.8.